The van der Waals surface area contributed by atoms with Crippen molar-refractivity contribution >= 4 is 11.6 Å². The molecule has 24 heavy (non-hydrogen) atoms. The summed E-state index contributed by atoms with van der Waals surface area (Å²) >= 11 is 0. The second kappa shape index (κ2) is 6.36. The van der Waals surface area contributed by atoms with Crippen LogP contribution in [-0.4, -0.2) is 33.7 Å². The third-order valence-corrected chi connectivity index (χ3v) is 5.28. The van der Waals surface area contributed by atoms with Gasteiger partial charge in [-0.3, -0.25) is 9.89 Å². The van der Waals surface area contributed by atoms with Gasteiger partial charge in [-0.25, -0.2) is 4.98 Å². The highest BCUT2D eigenvalue weighted by atomic mass is 16.1. The molecule has 4 rings (SSSR count). The van der Waals surface area contributed by atoms with E-state index in [0.29, 0.717) is 24.2 Å². The maximum Gasteiger partial charge on any atom is 0.225 e. The number of rotatable bonds is 4. The van der Waals surface area contributed by atoms with Crippen LogP contribution in [-0.2, 0) is 4.79 Å². The molecule has 3 atom stereocenters. The van der Waals surface area contributed by atoms with Crippen LogP contribution in [0.1, 0.15) is 31.5 Å². The van der Waals surface area contributed by atoms with Crippen LogP contribution in [0.25, 0.3) is 11.4 Å². The first-order chi connectivity index (χ1) is 11.7. The van der Waals surface area contributed by atoms with Gasteiger partial charge in [0.25, 0.3) is 0 Å². The Morgan fingerprint density at radius 1 is 1.38 bits per heavy atom. The first-order valence-electron chi connectivity index (χ1n) is 8.72. The van der Waals surface area contributed by atoms with Crippen molar-refractivity contribution in [3.05, 3.63) is 30.1 Å². The molecular formula is C18H23N5O. The number of hydrogen-bond acceptors (Lipinski definition) is 4. The third kappa shape index (κ3) is 3.06. The van der Waals surface area contributed by atoms with Gasteiger partial charge in [-0.05, 0) is 50.3 Å². The molecule has 1 aromatic heterocycles. The van der Waals surface area contributed by atoms with Crippen molar-refractivity contribution in [2.24, 2.45) is 11.8 Å². The molecule has 3 N–H and O–H groups in total. The van der Waals surface area contributed by atoms with Gasteiger partial charge in [-0.15, -0.1) is 0 Å². The van der Waals surface area contributed by atoms with Gasteiger partial charge in [0.1, 0.15) is 5.82 Å². The van der Waals surface area contributed by atoms with E-state index in [4.69, 9.17) is 0 Å². The second-order valence-electron chi connectivity index (χ2n) is 6.95. The van der Waals surface area contributed by atoms with E-state index in [1.165, 1.54) is 19.3 Å². The zero-order chi connectivity index (χ0) is 16.5. The molecule has 1 aromatic carbocycles. The van der Waals surface area contributed by atoms with Gasteiger partial charge in [-0.2, -0.15) is 5.10 Å². The lowest BCUT2D eigenvalue weighted by Crippen LogP contribution is -2.31. The van der Waals surface area contributed by atoms with E-state index in [1.807, 2.05) is 31.2 Å². The first kappa shape index (κ1) is 15.3. The molecule has 6 nitrogen and oxygen atoms in total. The summed E-state index contributed by atoms with van der Waals surface area (Å²) < 4.78 is 0. The highest BCUT2D eigenvalue weighted by molar-refractivity contribution is 5.91. The average molecular weight is 325 g/mol. The van der Waals surface area contributed by atoms with E-state index in [9.17, 15) is 4.79 Å². The molecule has 1 amide bonds. The fourth-order valence-electron chi connectivity index (χ4n) is 4.15. The summed E-state index contributed by atoms with van der Waals surface area (Å²) in [5.41, 5.74) is 1.69. The number of anilines is 1. The summed E-state index contributed by atoms with van der Waals surface area (Å²) in [6, 6.07) is 8.01. The number of fused-ring (bicyclic) bond motifs is 1. The molecule has 0 spiro atoms. The van der Waals surface area contributed by atoms with Crippen LogP contribution in [0.2, 0.25) is 0 Å². The van der Waals surface area contributed by atoms with Crippen molar-refractivity contribution in [1.82, 2.24) is 20.5 Å². The van der Waals surface area contributed by atoms with Crippen LogP contribution in [0, 0.1) is 18.8 Å². The number of H-pyrrole nitrogens is 1. The van der Waals surface area contributed by atoms with E-state index < -0.39 is 0 Å². The summed E-state index contributed by atoms with van der Waals surface area (Å²) in [6.07, 6.45) is 4.43. The number of nitrogens with zero attached hydrogens (tertiary/aromatic N) is 2. The van der Waals surface area contributed by atoms with E-state index in [1.54, 1.807) is 0 Å². The molecule has 1 aliphatic heterocycles. The smallest absolute Gasteiger partial charge is 0.225 e. The monoisotopic (exact) mass is 325 g/mol. The summed E-state index contributed by atoms with van der Waals surface area (Å²) in [7, 11) is 0. The average Bonchev–Trinajstić information content (AvgIpc) is 3.26. The first-order valence-corrected chi connectivity index (χ1v) is 8.72. The summed E-state index contributed by atoms with van der Waals surface area (Å²) in [4.78, 5) is 16.8. The molecule has 6 heteroatoms. The Balaban J connectivity index is 1.41. The molecule has 2 fully saturated rings. The molecule has 1 aliphatic carbocycles. The van der Waals surface area contributed by atoms with Crippen molar-refractivity contribution in [2.75, 3.05) is 11.9 Å². The predicted molar refractivity (Wildman–Crippen MR) is 92.4 cm³/mol. The van der Waals surface area contributed by atoms with Gasteiger partial charge in [0.2, 0.25) is 5.91 Å². The summed E-state index contributed by atoms with van der Waals surface area (Å²) in [6.45, 7) is 2.94. The molecule has 1 saturated heterocycles. The van der Waals surface area contributed by atoms with Crippen LogP contribution >= 0.6 is 0 Å². The highest BCUT2D eigenvalue weighted by Gasteiger charge is 2.39. The maximum atomic E-state index is 12.4. The molecule has 2 aliphatic rings. The fraction of sp³-hybridized carbons (Fsp3) is 0.500. The minimum Gasteiger partial charge on any atom is -0.326 e. The molecule has 2 aromatic rings. The molecule has 0 unspecified atom stereocenters. The third-order valence-electron chi connectivity index (χ3n) is 5.28. The summed E-state index contributed by atoms with van der Waals surface area (Å²) in [5, 5.41) is 13.6. The Morgan fingerprint density at radius 3 is 3.12 bits per heavy atom. The lowest BCUT2D eigenvalue weighted by molar-refractivity contribution is -0.116. The minimum atomic E-state index is 0.0726. The Bertz CT molecular complexity index is 741. The highest BCUT2D eigenvalue weighted by Crippen LogP contribution is 2.38. The van der Waals surface area contributed by atoms with Gasteiger partial charge < -0.3 is 10.6 Å². The van der Waals surface area contributed by atoms with Gasteiger partial charge in [0.05, 0.1) is 0 Å². The molecule has 0 radical (unpaired) electrons. The Labute approximate surface area is 141 Å². The van der Waals surface area contributed by atoms with E-state index in [-0.39, 0.29) is 5.91 Å². The topological polar surface area (TPSA) is 82.7 Å². The lowest BCUT2D eigenvalue weighted by Gasteiger charge is -2.17. The number of aryl methyl sites for hydroxylation is 1. The lowest BCUT2D eigenvalue weighted by atomic mass is 9.92. The number of hydrogen-bond donors (Lipinski definition) is 3. The van der Waals surface area contributed by atoms with Crippen LogP contribution in [0.15, 0.2) is 24.3 Å². The Morgan fingerprint density at radius 2 is 2.29 bits per heavy atom. The summed E-state index contributed by atoms with van der Waals surface area (Å²) in [5.74, 6) is 2.95. The van der Waals surface area contributed by atoms with Crippen molar-refractivity contribution in [2.45, 2.75) is 38.6 Å². The van der Waals surface area contributed by atoms with Crippen molar-refractivity contribution in [3.8, 4) is 11.4 Å². The molecule has 126 valence electrons. The van der Waals surface area contributed by atoms with Crippen LogP contribution in [0.3, 0.4) is 0 Å². The molecule has 1 saturated carbocycles. The Hall–Kier alpha value is -2.21. The van der Waals surface area contributed by atoms with E-state index >= 15 is 0 Å². The van der Waals surface area contributed by atoms with Crippen molar-refractivity contribution in [3.63, 3.8) is 0 Å². The number of carbonyl (C=O) groups is 1. The second-order valence-corrected chi connectivity index (χ2v) is 6.95. The Kier molecular flexibility index (Phi) is 4.06. The zero-order valence-corrected chi connectivity index (χ0v) is 13.9. The van der Waals surface area contributed by atoms with Crippen LogP contribution in [0.4, 0.5) is 5.69 Å². The SMILES string of the molecule is Cc1nc(-c2cccc(NC(=O)C[C@@H]3NC[C@@H]4CCC[C@@H]43)c2)n[nH]1. The van der Waals surface area contributed by atoms with Crippen LogP contribution in [0.5, 0.6) is 0 Å². The molecule has 2 heterocycles. The minimum absolute atomic E-state index is 0.0726. The van der Waals surface area contributed by atoms with Gasteiger partial charge >= 0.3 is 0 Å². The zero-order valence-electron chi connectivity index (χ0n) is 13.9. The maximum absolute atomic E-state index is 12.4. The predicted octanol–water partition coefficient (Wildman–Crippen LogP) is 2.50. The fourth-order valence-corrected chi connectivity index (χ4v) is 4.15. The van der Waals surface area contributed by atoms with Crippen molar-refractivity contribution in [1.29, 1.82) is 0 Å². The van der Waals surface area contributed by atoms with E-state index in [0.717, 1.165) is 29.5 Å². The van der Waals surface area contributed by atoms with Gasteiger partial charge in [0, 0.05) is 23.7 Å². The number of carbonyl (C=O) groups excluding carboxylic acids is 1. The van der Waals surface area contributed by atoms with Gasteiger partial charge in [0.15, 0.2) is 5.82 Å². The quantitative estimate of drug-likeness (QED) is 0.806. The number of benzene rings is 1. The van der Waals surface area contributed by atoms with Crippen molar-refractivity contribution < 1.29 is 4.79 Å². The number of nitrogens with one attached hydrogen (secondary N) is 3. The van der Waals surface area contributed by atoms with Crippen LogP contribution < -0.4 is 10.6 Å². The van der Waals surface area contributed by atoms with E-state index in [2.05, 4.69) is 25.8 Å². The molecular weight excluding hydrogens is 302 g/mol. The number of amides is 1. The normalized spacial score (nSPS) is 25.6. The van der Waals surface area contributed by atoms with Gasteiger partial charge in [-0.1, -0.05) is 18.6 Å². The standard InChI is InChI=1S/C18H23N5O/c1-11-20-18(23-22-11)12-4-2-6-14(8-12)21-17(24)9-16-15-7-3-5-13(15)10-19-16/h2,4,6,8,13,15-16,19H,3,5,7,9-10H2,1H3,(H,21,24)(H,20,22,23)/t13-,15-,16-/m0/s1. The molecule has 0 bridgehead atoms. The number of aromatic amines is 1. The number of aromatic nitrogens is 3. The largest absolute Gasteiger partial charge is 0.326 e.